The summed E-state index contributed by atoms with van der Waals surface area (Å²) >= 11 is 0. The van der Waals surface area contributed by atoms with Crippen LogP contribution in [0.4, 0.5) is 11.5 Å². The smallest absolute Gasteiger partial charge is 0.141 e. The molecule has 0 atom stereocenters. The summed E-state index contributed by atoms with van der Waals surface area (Å²) in [6, 6.07) is 11.7. The molecule has 2 N–H and O–H groups in total. The molecule has 0 aliphatic carbocycles. The van der Waals surface area contributed by atoms with Crippen molar-refractivity contribution in [3.63, 3.8) is 0 Å². The molecule has 4 rings (SSSR count). The zero-order valence-corrected chi connectivity index (χ0v) is 11.9. The second-order valence-electron chi connectivity index (χ2n) is 4.86. The van der Waals surface area contributed by atoms with E-state index in [1.54, 1.807) is 19.8 Å². The normalized spacial score (nSPS) is 11.0. The molecular formula is C16H13N5O. The first-order valence-corrected chi connectivity index (χ1v) is 6.82. The van der Waals surface area contributed by atoms with Crippen LogP contribution in [0.3, 0.4) is 0 Å². The molecule has 0 radical (unpaired) electrons. The van der Waals surface area contributed by atoms with E-state index in [0.717, 1.165) is 39.2 Å². The first-order chi connectivity index (χ1) is 10.8. The maximum Gasteiger partial charge on any atom is 0.141 e. The van der Waals surface area contributed by atoms with Crippen molar-refractivity contribution < 1.29 is 4.74 Å². The molecule has 0 unspecified atom stereocenters. The zero-order valence-electron chi connectivity index (χ0n) is 11.9. The van der Waals surface area contributed by atoms with Crippen LogP contribution in [-0.2, 0) is 0 Å². The molecule has 0 aliphatic rings. The third kappa shape index (κ3) is 2.10. The van der Waals surface area contributed by atoms with Gasteiger partial charge in [0.15, 0.2) is 0 Å². The quantitative estimate of drug-likeness (QED) is 0.606. The number of H-pyrrole nitrogens is 1. The third-order valence-corrected chi connectivity index (χ3v) is 3.53. The Morgan fingerprint density at radius 3 is 2.86 bits per heavy atom. The van der Waals surface area contributed by atoms with Gasteiger partial charge in [-0.1, -0.05) is 0 Å². The fourth-order valence-corrected chi connectivity index (χ4v) is 2.41. The van der Waals surface area contributed by atoms with Crippen LogP contribution in [0.2, 0.25) is 0 Å². The van der Waals surface area contributed by atoms with Crippen LogP contribution in [0.5, 0.6) is 5.75 Å². The Labute approximate surface area is 126 Å². The molecule has 6 nitrogen and oxygen atoms in total. The average molecular weight is 291 g/mol. The van der Waals surface area contributed by atoms with E-state index in [2.05, 4.69) is 25.3 Å². The van der Waals surface area contributed by atoms with E-state index >= 15 is 0 Å². The van der Waals surface area contributed by atoms with Crippen LogP contribution in [0.15, 0.2) is 49.1 Å². The molecule has 0 spiro atoms. The van der Waals surface area contributed by atoms with E-state index in [-0.39, 0.29) is 0 Å². The fraction of sp³-hybridized carbons (Fsp3) is 0.0625. The second-order valence-corrected chi connectivity index (χ2v) is 4.86. The van der Waals surface area contributed by atoms with Gasteiger partial charge in [-0.2, -0.15) is 0 Å². The van der Waals surface area contributed by atoms with Crippen LogP contribution in [-0.4, -0.2) is 27.0 Å². The predicted octanol–water partition coefficient (Wildman–Crippen LogP) is 3.26. The largest absolute Gasteiger partial charge is 0.497 e. The number of ether oxygens (including phenoxy) is 1. The van der Waals surface area contributed by atoms with Gasteiger partial charge in [0.1, 0.15) is 17.9 Å². The number of nitrogens with zero attached hydrogens (tertiary/aromatic N) is 3. The fourth-order valence-electron chi connectivity index (χ4n) is 2.41. The lowest BCUT2D eigenvalue weighted by Crippen LogP contribution is -1.96. The Morgan fingerprint density at radius 2 is 1.95 bits per heavy atom. The Bertz CT molecular complexity index is 963. The van der Waals surface area contributed by atoms with Gasteiger partial charge in [0.25, 0.3) is 0 Å². The highest BCUT2D eigenvalue weighted by Crippen LogP contribution is 2.26. The van der Waals surface area contributed by atoms with Crippen molar-refractivity contribution in [1.29, 1.82) is 0 Å². The predicted molar refractivity (Wildman–Crippen MR) is 85.5 cm³/mol. The number of hydrogen-bond donors (Lipinski definition) is 2. The third-order valence-electron chi connectivity index (χ3n) is 3.53. The molecule has 22 heavy (non-hydrogen) atoms. The van der Waals surface area contributed by atoms with Crippen molar-refractivity contribution in [2.45, 2.75) is 0 Å². The van der Waals surface area contributed by atoms with Gasteiger partial charge in [0.2, 0.25) is 0 Å². The molecule has 0 aliphatic heterocycles. The molecule has 0 saturated heterocycles. The Hall–Kier alpha value is -3.15. The molecular weight excluding hydrogens is 278 g/mol. The highest BCUT2D eigenvalue weighted by atomic mass is 16.5. The van der Waals surface area contributed by atoms with E-state index < -0.39 is 0 Å². The lowest BCUT2D eigenvalue weighted by atomic mass is 10.2. The summed E-state index contributed by atoms with van der Waals surface area (Å²) in [7, 11) is 1.64. The van der Waals surface area contributed by atoms with Crippen molar-refractivity contribution in [2.75, 3.05) is 12.4 Å². The molecule has 0 amide bonds. The Kier molecular flexibility index (Phi) is 2.86. The van der Waals surface area contributed by atoms with Gasteiger partial charge < -0.3 is 15.0 Å². The van der Waals surface area contributed by atoms with E-state index in [4.69, 9.17) is 4.74 Å². The molecule has 2 aromatic carbocycles. The first kappa shape index (κ1) is 12.6. The van der Waals surface area contributed by atoms with Crippen molar-refractivity contribution in [3.05, 3.63) is 49.1 Å². The minimum atomic E-state index is 0.756. The van der Waals surface area contributed by atoms with Gasteiger partial charge in [-0.3, -0.25) is 0 Å². The summed E-state index contributed by atoms with van der Waals surface area (Å²) in [6.07, 6.45) is 3.22. The van der Waals surface area contributed by atoms with Crippen molar-refractivity contribution in [1.82, 2.24) is 19.9 Å². The minimum Gasteiger partial charge on any atom is -0.497 e. The van der Waals surface area contributed by atoms with Gasteiger partial charge in [0, 0.05) is 17.1 Å². The summed E-state index contributed by atoms with van der Waals surface area (Å²) < 4.78 is 5.23. The van der Waals surface area contributed by atoms with Crippen LogP contribution in [0, 0.1) is 0 Å². The Balaban J connectivity index is 1.76. The topological polar surface area (TPSA) is 75.7 Å². The number of imidazole rings is 1. The number of fused-ring (bicyclic) bond motifs is 2. The lowest BCUT2D eigenvalue weighted by Gasteiger charge is -2.09. The average Bonchev–Trinajstić information content (AvgIpc) is 3.02. The maximum atomic E-state index is 5.23. The van der Waals surface area contributed by atoms with Gasteiger partial charge in [-0.25, -0.2) is 15.0 Å². The maximum absolute atomic E-state index is 5.23. The lowest BCUT2D eigenvalue weighted by molar-refractivity contribution is 0.415. The number of benzene rings is 2. The van der Waals surface area contributed by atoms with Gasteiger partial charge in [0.05, 0.1) is 30.0 Å². The van der Waals surface area contributed by atoms with E-state index in [1.165, 1.54) is 0 Å². The summed E-state index contributed by atoms with van der Waals surface area (Å²) in [5, 5.41) is 4.26. The highest BCUT2D eigenvalue weighted by molar-refractivity contribution is 5.92. The number of anilines is 2. The molecule has 0 fully saturated rings. The van der Waals surface area contributed by atoms with Gasteiger partial charge in [-0.05, 0) is 30.3 Å². The minimum absolute atomic E-state index is 0.756. The number of hydrogen-bond acceptors (Lipinski definition) is 5. The van der Waals surface area contributed by atoms with Gasteiger partial charge >= 0.3 is 0 Å². The van der Waals surface area contributed by atoms with Crippen LogP contribution < -0.4 is 10.1 Å². The second kappa shape index (κ2) is 5.00. The van der Waals surface area contributed by atoms with Crippen LogP contribution >= 0.6 is 0 Å². The van der Waals surface area contributed by atoms with E-state index in [9.17, 15) is 0 Å². The number of methoxy groups -OCH3 is 1. The molecule has 6 heteroatoms. The molecule has 0 saturated carbocycles. The summed E-state index contributed by atoms with van der Waals surface area (Å²) in [6.45, 7) is 0. The van der Waals surface area contributed by atoms with Gasteiger partial charge in [-0.15, -0.1) is 0 Å². The standard InChI is InChI=1S/C16H13N5O/c1-22-11-3-4-12-14(7-11)18-9-20-16(12)21-10-2-5-13-15(6-10)19-8-17-13/h2-9H,1H3,(H,17,19)(H,18,20,21). The SMILES string of the molecule is COc1ccc2c(Nc3ccc4nc[nH]c4c3)ncnc2c1. The zero-order chi connectivity index (χ0) is 14.9. The van der Waals surface area contributed by atoms with Crippen molar-refractivity contribution in [2.24, 2.45) is 0 Å². The van der Waals surface area contributed by atoms with Crippen molar-refractivity contribution >= 4 is 33.4 Å². The Morgan fingerprint density at radius 1 is 1.00 bits per heavy atom. The molecule has 4 aromatic rings. The number of rotatable bonds is 3. The number of aromatic nitrogens is 4. The molecule has 0 bridgehead atoms. The number of aromatic amines is 1. The number of nitrogens with one attached hydrogen (secondary N) is 2. The van der Waals surface area contributed by atoms with Crippen LogP contribution in [0.25, 0.3) is 21.9 Å². The molecule has 2 aromatic heterocycles. The van der Waals surface area contributed by atoms with E-state index in [0.29, 0.717) is 0 Å². The monoisotopic (exact) mass is 291 g/mol. The van der Waals surface area contributed by atoms with E-state index in [1.807, 2.05) is 36.4 Å². The molecule has 2 heterocycles. The molecule has 108 valence electrons. The van der Waals surface area contributed by atoms with Crippen LogP contribution in [0.1, 0.15) is 0 Å². The first-order valence-electron chi connectivity index (χ1n) is 6.82. The highest BCUT2D eigenvalue weighted by Gasteiger charge is 2.06. The summed E-state index contributed by atoms with van der Waals surface area (Å²) in [5.74, 6) is 1.53. The summed E-state index contributed by atoms with van der Waals surface area (Å²) in [5.41, 5.74) is 3.68. The van der Waals surface area contributed by atoms with Crippen molar-refractivity contribution in [3.8, 4) is 5.75 Å². The summed E-state index contributed by atoms with van der Waals surface area (Å²) in [4.78, 5) is 15.9.